The summed E-state index contributed by atoms with van der Waals surface area (Å²) in [6, 6.07) is 6.51. The van der Waals surface area contributed by atoms with E-state index in [1.54, 1.807) is 24.3 Å². The quantitative estimate of drug-likeness (QED) is 0.515. The molecule has 0 saturated carbocycles. The number of hydrogen-bond donors (Lipinski definition) is 0. The zero-order valence-corrected chi connectivity index (χ0v) is 14.7. The Hall–Kier alpha value is -3.61. The van der Waals surface area contributed by atoms with E-state index in [0.717, 1.165) is 0 Å². The molecule has 136 valence electrons. The molecule has 0 saturated heterocycles. The van der Waals surface area contributed by atoms with Gasteiger partial charge in [-0.25, -0.2) is 4.79 Å². The fourth-order valence-corrected chi connectivity index (χ4v) is 3.46. The number of carbonyl (C=O) groups is 3. The molecule has 27 heavy (non-hydrogen) atoms. The van der Waals surface area contributed by atoms with Crippen LogP contribution in [0.15, 0.2) is 34.9 Å². The molecule has 0 atom stereocenters. The minimum Gasteiger partial charge on any atom is -0.495 e. The van der Waals surface area contributed by atoms with E-state index in [0.29, 0.717) is 0 Å². The van der Waals surface area contributed by atoms with Crippen molar-refractivity contribution in [1.29, 1.82) is 0 Å². The van der Waals surface area contributed by atoms with E-state index in [2.05, 4.69) is 0 Å². The minimum atomic E-state index is -0.663. The highest BCUT2D eigenvalue weighted by Crippen LogP contribution is 2.47. The first-order valence-corrected chi connectivity index (χ1v) is 8.01. The van der Waals surface area contributed by atoms with Gasteiger partial charge < -0.3 is 18.6 Å². The highest BCUT2D eigenvalue weighted by molar-refractivity contribution is 6.32. The molecular formula is C20H14O7. The maximum atomic E-state index is 13.2. The average Bonchev–Trinajstić information content (AvgIpc) is 3.14. The van der Waals surface area contributed by atoms with Crippen molar-refractivity contribution in [2.45, 2.75) is 0 Å². The van der Waals surface area contributed by atoms with Crippen LogP contribution in [0.5, 0.6) is 11.5 Å². The van der Waals surface area contributed by atoms with Crippen molar-refractivity contribution in [3.8, 4) is 11.5 Å². The lowest BCUT2D eigenvalue weighted by molar-refractivity contribution is 0.0601. The van der Waals surface area contributed by atoms with Gasteiger partial charge in [-0.3, -0.25) is 9.59 Å². The third-order valence-electron chi connectivity index (χ3n) is 4.61. The van der Waals surface area contributed by atoms with E-state index in [4.69, 9.17) is 18.6 Å². The van der Waals surface area contributed by atoms with Gasteiger partial charge >= 0.3 is 5.97 Å². The summed E-state index contributed by atoms with van der Waals surface area (Å²) < 4.78 is 21.1. The minimum absolute atomic E-state index is 0.0390. The van der Waals surface area contributed by atoms with Crippen LogP contribution < -0.4 is 9.47 Å². The van der Waals surface area contributed by atoms with Crippen molar-refractivity contribution in [2.24, 2.45) is 0 Å². The molecular weight excluding hydrogens is 352 g/mol. The number of rotatable bonds is 3. The maximum absolute atomic E-state index is 13.2. The van der Waals surface area contributed by atoms with Gasteiger partial charge in [-0.2, -0.15) is 0 Å². The van der Waals surface area contributed by atoms with Gasteiger partial charge in [0.1, 0.15) is 17.6 Å². The number of benzene rings is 2. The highest BCUT2D eigenvalue weighted by atomic mass is 16.5. The molecule has 1 aliphatic rings. The lowest BCUT2D eigenvalue weighted by atomic mass is 9.82. The second kappa shape index (κ2) is 5.98. The number of ketones is 2. The second-order valence-corrected chi connectivity index (χ2v) is 5.87. The normalized spacial score (nSPS) is 12.6. The topological polar surface area (TPSA) is 92.0 Å². The van der Waals surface area contributed by atoms with Crippen LogP contribution in [0.4, 0.5) is 0 Å². The molecule has 2 aromatic carbocycles. The first-order chi connectivity index (χ1) is 13.0. The van der Waals surface area contributed by atoms with E-state index in [1.165, 1.54) is 27.6 Å². The van der Waals surface area contributed by atoms with Crippen LogP contribution in [0, 0.1) is 0 Å². The zero-order valence-electron chi connectivity index (χ0n) is 14.7. The monoisotopic (exact) mass is 366 g/mol. The van der Waals surface area contributed by atoms with E-state index in [-0.39, 0.29) is 56.1 Å². The lowest BCUT2D eigenvalue weighted by Crippen LogP contribution is -2.23. The van der Waals surface area contributed by atoms with Gasteiger partial charge in [0.2, 0.25) is 0 Å². The molecule has 3 aromatic rings. The molecule has 0 aliphatic heterocycles. The summed E-state index contributed by atoms with van der Waals surface area (Å²) in [5.41, 5.74) is 0.833. The molecule has 0 amide bonds. The largest absolute Gasteiger partial charge is 0.495 e. The third kappa shape index (κ3) is 2.11. The van der Waals surface area contributed by atoms with Crippen LogP contribution in [0.2, 0.25) is 0 Å². The van der Waals surface area contributed by atoms with Crippen molar-refractivity contribution >= 4 is 28.5 Å². The van der Waals surface area contributed by atoms with Crippen molar-refractivity contribution in [3.63, 3.8) is 0 Å². The lowest BCUT2D eigenvalue weighted by Gasteiger charge is -2.22. The summed E-state index contributed by atoms with van der Waals surface area (Å²) in [6.07, 6.45) is 1.19. The van der Waals surface area contributed by atoms with Crippen LogP contribution in [-0.4, -0.2) is 38.9 Å². The van der Waals surface area contributed by atoms with Gasteiger partial charge in [0.25, 0.3) is 0 Å². The van der Waals surface area contributed by atoms with E-state index in [9.17, 15) is 14.4 Å². The second-order valence-electron chi connectivity index (χ2n) is 5.87. The van der Waals surface area contributed by atoms with Crippen molar-refractivity contribution in [1.82, 2.24) is 0 Å². The fraction of sp³-hybridized carbons (Fsp3) is 0.150. The molecule has 7 nitrogen and oxygen atoms in total. The van der Waals surface area contributed by atoms with Crippen LogP contribution in [0.3, 0.4) is 0 Å². The van der Waals surface area contributed by atoms with E-state index >= 15 is 0 Å². The summed E-state index contributed by atoms with van der Waals surface area (Å²) in [7, 11) is 3.95. The maximum Gasteiger partial charge on any atom is 0.341 e. The summed E-state index contributed by atoms with van der Waals surface area (Å²) >= 11 is 0. The van der Waals surface area contributed by atoms with Gasteiger partial charge in [0, 0.05) is 11.1 Å². The van der Waals surface area contributed by atoms with Crippen LogP contribution in [0.25, 0.3) is 11.0 Å². The molecule has 0 radical (unpaired) electrons. The predicted octanol–water partition coefficient (Wildman–Crippen LogP) is 3.01. The van der Waals surface area contributed by atoms with Gasteiger partial charge in [0.05, 0.1) is 37.8 Å². The number of fused-ring (bicyclic) bond motifs is 3. The van der Waals surface area contributed by atoms with Crippen molar-refractivity contribution in [3.05, 3.63) is 58.3 Å². The van der Waals surface area contributed by atoms with Crippen molar-refractivity contribution in [2.75, 3.05) is 21.3 Å². The summed E-state index contributed by atoms with van der Waals surface area (Å²) in [4.78, 5) is 38.4. The molecule has 1 heterocycles. The Morgan fingerprint density at radius 3 is 1.96 bits per heavy atom. The Morgan fingerprint density at radius 1 is 0.889 bits per heavy atom. The van der Waals surface area contributed by atoms with E-state index < -0.39 is 11.8 Å². The highest BCUT2D eigenvalue weighted by Gasteiger charge is 2.39. The van der Waals surface area contributed by atoms with Crippen molar-refractivity contribution < 1.29 is 33.0 Å². The Labute approximate surface area is 153 Å². The smallest absolute Gasteiger partial charge is 0.341 e. The van der Waals surface area contributed by atoms with Gasteiger partial charge in [-0.1, -0.05) is 24.3 Å². The number of methoxy groups -OCH3 is 3. The number of carbonyl (C=O) groups excluding carboxylic acids is 3. The number of furan rings is 1. The molecule has 0 N–H and O–H groups in total. The summed E-state index contributed by atoms with van der Waals surface area (Å²) in [6.45, 7) is 0. The SMILES string of the molecule is COC(=O)c1coc2c(OC)c3c(c(OC)c12)C(=O)c1ccccc1C3=O. The molecule has 7 heteroatoms. The Kier molecular flexibility index (Phi) is 3.73. The number of esters is 1. The molecule has 0 bridgehead atoms. The number of hydrogen-bond acceptors (Lipinski definition) is 7. The molecule has 1 aliphatic carbocycles. The fourth-order valence-electron chi connectivity index (χ4n) is 3.46. The molecule has 1 aromatic heterocycles. The Bertz CT molecular complexity index is 1140. The Balaban J connectivity index is 2.19. The van der Waals surface area contributed by atoms with Crippen LogP contribution in [0.1, 0.15) is 42.2 Å². The molecule has 0 spiro atoms. The van der Waals surface area contributed by atoms with Gasteiger partial charge in [-0.15, -0.1) is 0 Å². The van der Waals surface area contributed by atoms with E-state index in [1.807, 2.05) is 0 Å². The van der Waals surface area contributed by atoms with Gasteiger partial charge in [0.15, 0.2) is 22.9 Å². The Morgan fingerprint density at radius 2 is 1.44 bits per heavy atom. The molecule has 4 rings (SSSR count). The number of ether oxygens (including phenoxy) is 3. The third-order valence-corrected chi connectivity index (χ3v) is 4.61. The molecule has 0 unspecified atom stereocenters. The summed E-state index contributed by atoms with van der Waals surface area (Å²) in [5, 5.41) is 0.223. The molecule has 0 fully saturated rings. The first kappa shape index (κ1) is 16.8. The summed E-state index contributed by atoms with van der Waals surface area (Å²) in [5.74, 6) is -1.29. The van der Waals surface area contributed by atoms with Crippen LogP contribution in [-0.2, 0) is 4.74 Å². The van der Waals surface area contributed by atoms with Crippen LogP contribution >= 0.6 is 0 Å². The average molecular weight is 366 g/mol. The predicted molar refractivity (Wildman–Crippen MR) is 94.0 cm³/mol. The van der Waals surface area contributed by atoms with Gasteiger partial charge in [-0.05, 0) is 0 Å². The standard InChI is InChI=1S/C20H14O7/c1-24-17-12-11(20(23)26-3)8-27-19(12)18(25-2)14-13(17)15(21)9-6-4-5-7-10(9)16(14)22/h4-8H,1-3H3. The first-order valence-electron chi connectivity index (χ1n) is 8.01. The zero-order chi connectivity index (χ0) is 19.3.